The molecule has 1 atom stereocenters. The summed E-state index contributed by atoms with van der Waals surface area (Å²) in [7, 11) is 0. The predicted molar refractivity (Wildman–Crippen MR) is 85.4 cm³/mol. The quantitative estimate of drug-likeness (QED) is 0.589. The van der Waals surface area contributed by atoms with Gasteiger partial charge in [-0.15, -0.1) is 0 Å². The molecule has 5 heteroatoms. The van der Waals surface area contributed by atoms with Crippen molar-refractivity contribution in [1.82, 2.24) is 5.32 Å². The number of hydrogen-bond donors (Lipinski definition) is 2. The van der Waals surface area contributed by atoms with Crippen LogP contribution < -0.4 is 5.32 Å². The Morgan fingerprint density at radius 1 is 1.56 bits per heavy atom. The van der Waals surface area contributed by atoms with Crippen molar-refractivity contribution in [3.63, 3.8) is 0 Å². The second kappa shape index (κ2) is 7.89. The maximum absolute atomic E-state index is 12.0. The fraction of sp³-hybridized carbons (Fsp3) is 0.462. The van der Waals surface area contributed by atoms with Crippen LogP contribution in [0.5, 0.6) is 5.75 Å². The zero-order valence-corrected chi connectivity index (χ0v) is 13.5. The molecule has 0 spiro atoms. The lowest BCUT2D eigenvalue weighted by atomic mass is 10.1. The monoisotopic (exact) mass is 379 g/mol. The number of phenolic OH excluding ortho intramolecular Hbond substituents is 1. The first-order valence-corrected chi connectivity index (χ1v) is 8.15. The highest BCUT2D eigenvalue weighted by molar-refractivity contribution is 14.1. The zero-order valence-electron chi connectivity index (χ0n) is 10.6. The number of thioether (sulfide) groups is 1. The van der Waals surface area contributed by atoms with Gasteiger partial charge in [-0.2, -0.15) is 11.8 Å². The van der Waals surface area contributed by atoms with Gasteiger partial charge in [-0.25, -0.2) is 0 Å². The number of rotatable bonds is 6. The van der Waals surface area contributed by atoms with Crippen molar-refractivity contribution in [2.45, 2.75) is 26.3 Å². The molecular weight excluding hydrogens is 361 g/mol. The molecule has 1 unspecified atom stereocenters. The summed E-state index contributed by atoms with van der Waals surface area (Å²) in [5, 5.41) is 12.6. The first-order chi connectivity index (χ1) is 8.54. The number of amides is 1. The highest BCUT2D eigenvalue weighted by Gasteiger charge is 2.13. The van der Waals surface area contributed by atoms with E-state index in [1.54, 1.807) is 18.2 Å². The molecule has 100 valence electrons. The molecule has 1 amide bonds. The van der Waals surface area contributed by atoms with Crippen molar-refractivity contribution in [2.24, 2.45) is 0 Å². The predicted octanol–water partition coefficient (Wildman–Crippen LogP) is 3.26. The van der Waals surface area contributed by atoms with E-state index in [0.717, 1.165) is 21.5 Å². The van der Waals surface area contributed by atoms with E-state index in [-0.39, 0.29) is 17.7 Å². The molecule has 0 aromatic heterocycles. The molecule has 3 nitrogen and oxygen atoms in total. The largest absolute Gasteiger partial charge is 0.507 e. The van der Waals surface area contributed by atoms with Crippen molar-refractivity contribution in [2.75, 3.05) is 11.5 Å². The molecule has 18 heavy (non-hydrogen) atoms. The van der Waals surface area contributed by atoms with Crippen LogP contribution in [0.4, 0.5) is 0 Å². The molecule has 0 saturated heterocycles. The summed E-state index contributed by atoms with van der Waals surface area (Å²) in [5.74, 6) is 1.96. The summed E-state index contributed by atoms with van der Waals surface area (Å²) in [5.41, 5.74) is 0.344. The van der Waals surface area contributed by atoms with Crippen LogP contribution >= 0.6 is 34.4 Å². The molecule has 0 fully saturated rings. The van der Waals surface area contributed by atoms with Gasteiger partial charge in [0.05, 0.1) is 5.56 Å². The Hall–Kier alpha value is -0.430. The van der Waals surface area contributed by atoms with Crippen molar-refractivity contribution in [3.05, 3.63) is 27.3 Å². The van der Waals surface area contributed by atoms with Crippen LogP contribution in [0.15, 0.2) is 18.2 Å². The van der Waals surface area contributed by atoms with E-state index in [9.17, 15) is 9.90 Å². The number of carbonyl (C=O) groups excluding carboxylic acids is 1. The summed E-state index contributed by atoms with van der Waals surface area (Å²) < 4.78 is 0.935. The van der Waals surface area contributed by atoms with Crippen LogP contribution in [0.1, 0.15) is 30.6 Å². The van der Waals surface area contributed by atoms with E-state index in [2.05, 4.69) is 34.8 Å². The minimum atomic E-state index is -0.208. The van der Waals surface area contributed by atoms with Crippen molar-refractivity contribution < 1.29 is 9.90 Å². The smallest absolute Gasteiger partial charge is 0.255 e. The van der Waals surface area contributed by atoms with Crippen LogP contribution in [-0.2, 0) is 0 Å². The number of nitrogens with one attached hydrogen (secondary N) is 1. The Balaban J connectivity index is 2.56. The summed E-state index contributed by atoms with van der Waals surface area (Å²) in [6.07, 6.45) is 0.939. The van der Waals surface area contributed by atoms with Gasteiger partial charge in [0, 0.05) is 9.61 Å². The number of hydrogen-bond acceptors (Lipinski definition) is 3. The zero-order chi connectivity index (χ0) is 13.5. The normalized spacial score (nSPS) is 12.2. The highest BCUT2D eigenvalue weighted by atomic mass is 127. The number of phenols is 1. The summed E-state index contributed by atoms with van der Waals surface area (Å²) in [4.78, 5) is 12.0. The highest BCUT2D eigenvalue weighted by Crippen LogP contribution is 2.19. The lowest BCUT2D eigenvalue weighted by Crippen LogP contribution is -2.33. The van der Waals surface area contributed by atoms with Crippen LogP contribution in [-0.4, -0.2) is 28.6 Å². The average Bonchev–Trinajstić information content (AvgIpc) is 2.32. The maximum atomic E-state index is 12.0. The molecule has 1 rings (SSSR count). The minimum Gasteiger partial charge on any atom is -0.507 e. The lowest BCUT2D eigenvalue weighted by Gasteiger charge is -2.14. The second-order valence-electron chi connectivity index (χ2n) is 4.02. The van der Waals surface area contributed by atoms with Gasteiger partial charge in [-0.1, -0.05) is 6.92 Å². The van der Waals surface area contributed by atoms with Crippen molar-refractivity contribution >= 4 is 40.3 Å². The summed E-state index contributed by atoms with van der Waals surface area (Å²) in [6, 6.07) is 5.13. The van der Waals surface area contributed by atoms with E-state index in [1.165, 1.54) is 0 Å². The fourth-order valence-electron chi connectivity index (χ4n) is 1.47. The minimum absolute atomic E-state index is 0.0306. The van der Waals surface area contributed by atoms with Crippen LogP contribution in [0.25, 0.3) is 0 Å². The fourth-order valence-corrected chi connectivity index (χ4v) is 2.77. The SMILES string of the molecule is CCSCCC(C)NC(=O)c1cc(I)ccc1O. The molecule has 2 N–H and O–H groups in total. The Bertz CT molecular complexity index is 412. The van der Waals surface area contributed by atoms with Crippen molar-refractivity contribution in [3.8, 4) is 5.75 Å². The van der Waals surface area contributed by atoms with Gasteiger partial charge in [-0.05, 0) is 65.6 Å². The van der Waals surface area contributed by atoms with E-state index >= 15 is 0 Å². The van der Waals surface area contributed by atoms with Gasteiger partial charge < -0.3 is 10.4 Å². The van der Waals surface area contributed by atoms with Gasteiger partial charge in [0.15, 0.2) is 0 Å². The lowest BCUT2D eigenvalue weighted by molar-refractivity contribution is 0.0937. The number of aromatic hydroxyl groups is 1. The van der Waals surface area contributed by atoms with Gasteiger partial charge >= 0.3 is 0 Å². The van der Waals surface area contributed by atoms with Gasteiger partial charge in [0.2, 0.25) is 0 Å². The van der Waals surface area contributed by atoms with Crippen molar-refractivity contribution in [1.29, 1.82) is 0 Å². The van der Waals surface area contributed by atoms with Gasteiger partial charge in [-0.3, -0.25) is 4.79 Å². The van der Waals surface area contributed by atoms with E-state index in [1.807, 2.05) is 18.7 Å². The molecule has 0 radical (unpaired) electrons. The van der Waals surface area contributed by atoms with E-state index < -0.39 is 0 Å². The molecule has 0 saturated carbocycles. The molecular formula is C13H18INO2S. The molecule has 0 aliphatic carbocycles. The molecule has 0 aliphatic rings. The molecule has 1 aromatic carbocycles. The summed E-state index contributed by atoms with van der Waals surface area (Å²) >= 11 is 3.99. The first-order valence-electron chi connectivity index (χ1n) is 5.91. The van der Waals surface area contributed by atoms with E-state index in [4.69, 9.17) is 0 Å². The van der Waals surface area contributed by atoms with Crippen LogP contribution in [0, 0.1) is 3.57 Å². The van der Waals surface area contributed by atoms with Gasteiger partial charge in [0.25, 0.3) is 5.91 Å². The Morgan fingerprint density at radius 2 is 2.28 bits per heavy atom. The third kappa shape index (κ3) is 5.06. The molecule has 1 aromatic rings. The Kier molecular flexibility index (Phi) is 6.85. The van der Waals surface area contributed by atoms with E-state index in [0.29, 0.717) is 5.56 Å². The number of carbonyl (C=O) groups is 1. The maximum Gasteiger partial charge on any atom is 0.255 e. The summed E-state index contributed by atoms with van der Waals surface area (Å²) in [6.45, 7) is 4.11. The number of benzene rings is 1. The third-order valence-corrected chi connectivity index (χ3v) is 4.08. The molecule has 0 aliphatic heterocycles. The number of halogens is 1. The Morgan fingerprint density at radius 3 is 2.94 bits per heavy atom. The average molecular weight is 379 g/mol. The third-order valence-electron chi connectivity index (χ3n) is 2.48. The van der Waals surface area contributed by atoms with Crippen LogP contribution in [0.3, 0.4) is 0 Å². The standard InChI is InChI=1S/C13H18INO2S/c1-3-18-7-6-9(2)15-13(17)11-8-10(14)4-5-12(11)16/h4-5,8-9,16H,3,6-7H2,1-2H3,(H,15,17). The van der Waals surface area contributed by atoms with Gasteiger partial charge in [0.1, 0.15) is 5.75 Å². The second-order valence-corrected chi connectivity index (χ2v) is 6.66. The topological polar surface area (TPSA) is 49.3 Å². The molecule has 0 heterocycles. The Labute approximate surface area is 126 Å². The molecule has 0 bridgehead atoms. The first kappa shape index (κ1) is 15.6. The van der Waals surface area contributed by atoms with Crippen LogP contribution in [0.2, 0.25) is 0 Å².